The van der Waals surface area contributed by atoms with Crippen molar-refractivity contribution in [2.45, 2.75) is 30.6 Å². The summed E-state index contributed by atoms with van der Waals surface area (Å²) in [5, 5.41) is 3.10. The van der Waals surface area contributed by atoms with Gasteiger partial charge in [0.2, 0.25) is 15.9 Å². The second-order valence-corrected chi connectivity index (χ2v) is 12.2. The van der Waals surface area contributed by atoms with Gasteiger partial charge in [-0.1, -0.05) is 43.6 Å². The lowest BCUT2D eigenvalue weighted by atomic mass is 10.2. The largest absolute Gasteiger partial charge is 0.325 e. The molecule has 0 radical (unpaired) electrons. The highest BCUT2D eigenvalue weighted by Crippen LogP contribution is 2.29. The normalized spacial score (nSPS) is 11.9. The van der Waals surface area contributed by atoms with Gasteiger partial charge in [-0.05, 0) is 67.1 Å². The molecular weight excluding hydrogens is 522 g/mol. The summed E-state index contributed by atoms with van der Waals surface area (Å²) in [6.45, 7) is 5.40. The van der Waals surface area contributed by atoms with Crippen LogP contribution in [0.25, 0.3) is 0 Å². The molecular formula is C25H28ClN3O5S2. The van der Waals surface area contributed by atoms with Crippen LogP contribution in [0.3, 0.4) is 0 Å². The summed E-state index contributed by atoms with van der Waals surface area (Å²) in [5.74, 6) is -0.594. The van der Waals surface area contributed by atoms with E-state index in [0.29, 0.717) is 35.1 Å². The summed E-state index contributed by atoms with van der Waals surface area (Å²) in [6, 6.07) is 18.3. The standard InChI is InChI=1S/C25H28ClN3O5S2/c1-4-28(5-2)35(31,32)23-14-12-21(13-15-23)27-25(30)18-29(24-16-11-20(26)17-19(24)3)36(33,34)22-9-7-6-8-10-22/h6-17H,4-5,18H2,1-3H3,(H,27,30). The van der Waals surface area contributed by atoms with Gasteiger partial charge >= 0.3 is 0 Å². The van der Waals surface area contributed by atoms with Crippen LogP contribution in [-0.2, 0) is 24.8 Å². The lowest BCUT2D eigenvalue weighted by molar-refractivity contribution is -0.114. The lowest BCUT2D eigenvalue weighted by Crippen LogP contribution is -2.38. The maximum Gasteiger partial charge on any atom is 0.264 e. The van der Waals surface area contributed by atoms with Crippen LogP contribution in [-0.4, -0.2) is 46.7 Å². The predicted molar refractivity (Wildman–Crippen MR) is 142 cm³/mol. The molecule has 0 aliphatic heterocycles. The Balaban J connectivity index is 1.88. The van der Waals surface area contributed by atoms with Crippen molar-refractivity contribution >= 4 is 48.9 Å². The van der Waals surface area contributed by atoms with Crippen LogP contribution in [0.5, 0.6) is 0 Å². The Morgan fingerprint density at radius 3 is 1.97 bits per heavy atom. The summed E-state index contributed by atoms with van der Waals surface area (Å²) < 4.78 is 54.7. The van der Waals surface area contributed by atoms with Crippen molar-refractivity contribution in [3.63, 3.8) is 0 Å². The van der Waals surface area contributed by atoms with Crippen LogP contribution >= 0.6 is 11.6 Å². The van der Waals surface area contributed by atoms with Crippen molar-refractivity contribution in [1.29, 1.82) is 0 Å². The van der Waals surface area contributed by atoms with E-state index in [-0.39, 0.29) is 9.79 Å². The highest BCUT2D eigenvalue weighted by atomic mass is 35.5. The third-order valence-electron chi connectivity index (χ3n) is 5.53. The topological polar surface area (TPSA) is 104 Å². The minimum Gasteiger partial charge on any atom is -0.325 e. The lowest BCUT2D eigenvalue weighted by Gasteiger charge is -2.25. The first-order valence-corrected chi connectivity index (χ1v) is 14.5. The minimum atomic E-state index is -4.07. The third kappa shape index (κ3) is 6.07. The van der Waals surface area contributed by atoms with Gasteiger partial charge in [-0.15, -0.1) is 0 Å². The van der Waals surface area contributed by atoms with Gasteiger partial charge in [0.05, 0.1) is 15.5 Å². The monoisotopic (exact) mass is 549 g/mol. The molecule has 0 aromatic heterocycles. The van der Waals surface area contributed by atoms with E-state index in [9.17, 15) is 21.6 Å². The summed E-state index contributed by atoms with van der Waals surface area (Å²) in [5.41, 5.74) is 1.24. The molecule has 0 unspecified atom stereocenters. The summed E-state index contributed by atoms with van der Waals surface area (Å²) in [7, 11) is -7.71. The number of nitrogens with zero attached hydrogens (tertiary/aromatic N) is 2. The second kappa shape index (κ2) is 11.4. The van der Waals surface area contributed by atoms with Gasteiger partial charge in [-0.2, -0.15) is 4.31 Å². The number of anilines is 2. The Morgan fingerprint density at radius 2 is 1.42 bits per heavy atom. The number of hydrogen-bond acceptors (Lipinski definition) is 5. The SMILES string of the molecule is CCN(CC)S(=O)(=O)c1ccc(NC(=O)CN(c2ccc(Cl)cc2C)S(=O)(=O)c2ccccc2)cc1. The van der Waals surface area contributed by atoms with Gasteiger partial charge in [0.15, 0.2) is 0 Å². The van der Waals surface area contributed by atoms with Gasteiger partial charge in [0.25, 0.3) is 10.0 Å². The van der Waals surface area contributed by atoms with Crippen LogP contribution in [0.1, 0.15) is 19.4 Å². The van der Waals surface area contributed by atoms with Crippen LogP contribution in [0.15, 0.2) is 82.6 Å². The molecule has 0 bridgehead atoms. The molecule has 1 N–H and O–H groups in total. The maximum absolute atomic E-state index is 13.5. The molecule has 11 heteroatoms. The highest BCUT2D eigenvalue weighted by molar-refractivity contribution is 7.92. The molecule has 3 rings (SSSR count). The van der Waals surface area contributed by atoms with Crippen LogP contribution in [0.2, 0.25) is 5.02 Å². The smallest absolute Gasteiger partial charge is 0.264 e. The molecule has 0 aliphatic carbocycles. The number of amides is 1. The third-order valence-corrected chi connectivity index (χ3v) is 9.60. The van der Waals surface area contributed by atoms with E-state index in [1.165, 1.54) is 40.7 Å². The van der Waals surface area contributed by atoms with Crippen molar-refractivity contribution in [2.75, 3.05) is 29.3 Å². The van der Waals surface area contributed by atoms with Gasteiger partial charge in [0, 0.05) is 23.8 Å². The van der Waals surface area contributed by atoms with Crippen LogP contribution < -0.4 is 9.62 Å². The number of carbonyl (C=O) groups excluding carboxylic acids is 1. The first-order chi connectivity index (χ1) is 17.0. The average Bonchev–Trinajstić information content (AvgIpc) is 2.84. The molecule has 0 heterocycles. The summed E-state index contributed by atoms with van der Waals surface area (Å²) in [6.07, 6.45) is 0. The molecule has 192 valence electrons. The molecule has 36 heavy (non-hydrogen) atoms. The first kappa shape index (κ1) is 27.7. The number of aryl methyl sites for hydroxylation is 1. The van der Waals surface area contributed by atoms with E-state index in [1.54, 1.807) is 57.2 Å². The highest BCUT2D eigenvalue weighted by Gasteiger charge is 2.28. The zero-order valence-electron chi connectivity index (χ0n) is 20.2. The maximum atomic E-state index is 13.5. The van der Waals surface area contributed by atoms with Crippen molar-refractivity contribution < 1.29 is 21.6 Å². The number of hydrogen-bond donors (Lipinski definition) is 1. The van der Waals surface area contributed by atoms with E-state index in [4.69, 9.17) is 11.6 Å². The summed E-state index contributed by atoms with van der Waals surface area (Å²) >= 11 is 6.06. The van der Waals surface area contributed by atoms with Crippen molar-refractivity contribution in [1.82, 2.24) is 4.31 Å². The Kier molecular flexibility index (Phi) is 8.78. The molecule has 0 spiro atoms. The van der Waals surface area contributed by atoms with E-state index < -0.39 is 32.5 Å². The fourth-order valence-electron chi connectivity index (χ4n) is 3.67. The van der Waals surface area contributed by atoms with Gasteiger partial charge in [0.1, 0.15) is 6.54 Å². The summed E-state index contributed by atoms with van der Waals surface area (Å²) in [4.78, 5) is 13.1. The van der Waals surface area contributed by atoms with Crippen molar-refractivity contribution in [3.8, 4) is 0 Å². The van der Waals surface area contributed by atoms with Crippen molar-refractivity contribution in [2.24, 2.45) is 0 Å². The van der Waals surface area contributed by atoms with E-state index in [2.05, 4.69) is 5.32 Å². The van der Waals surface area contributed by atoms with Gasteiger partial charge in [-0.3, -0.25) is 9.10 Å². The molecule has 0 saturated carbocycles. The fraction of sp³-hybridized carbons (Fsp3) is 0.240. The zero-order valence-corrected chi connectivity index (χ0v) is 22.6. The number of nitrogens with one attached hydrogen (secondary N) is 1. The van der Waals surface area contributed by atoms with Gasteiger partial charge in [-0.25, -0.2) is 16.8 Å². The van der Waals surface area contributed by atoms with E-state index in [1.807, 2.05) is 0 Å². The molecule has 8 nitrogen and oxygen atoms in total. The quantitative estimate of drug-likeness (QED) is 0.400. The molecule has 3 aromatic carbocycles. The van der Waals surface area contributed by atoms with Gasteiger partial charge < -0.3 is 5.32 Å². The molecule has 3 aromatic rings. The second-order valence-electron chi connectivity index (χ2n) is 7.92. The minimum absolute atomic E-state index is 0.0399. The predicted octanol–water partition coefficient (Wildman–Crippen LogP) is 4.51. The molecule has 0 saturated heterocycles. The molecule has 0 aliphatic rings. The van der Waals surface area contributed by atoms with Crippen LogP contribution in [0.4, 0.5) is 11.4 Å². The number of halogens is 1. The Labute approximate surface area is 217 Å². The van der Waals surface area contributed by atoms with E-state index >= 15 is 0 Å². The Hall–Kier alpha value is -2.92. The molecule has 1 amide bonds. The number of carbonyl (C=O) groups is 1. The first-order valence-electron chi connectivity index (χ1n) is 11.2. The Bertz CT molecular complexity index is 1420. The average molecular weight is 550 g/mol. The van der Waals surface area contributed by atoms with E-state index in [0.717, 1.165) is 4.31 Å². The fourth-order valence-corrected chi connectivity index (χ4v) is 6.86. The number of sulfonamides is 2. The molecule has 0 fully saturated rings. The molecule has 0 atom stereocenters. The number of benzene rings is 3. The number of rotatable bonds is 10. The zero-order chi connectivity index (χ0) is 26.5. The Morgan fingerprint density at radius 1 is 0.833 bits per heavy atom. The van der Waals surface area contributed by atoms with Crippen molar-refractivity contribution in [3.05, 3.63) is 83.4 Å². The van der Waals surface area contributed by atoms with Crippen LogP contribution in [0, 0.1) is 6.92 Å².